The Bertz CT molecular complexity index is 230. The summed E-state index contributed by atoms with van der Waals surface area (Å²) in [6.07, 6.45) is 11.0. The van der Waals surface area contributed by atoms with Crippen molar-refractivity contribution >= 4 is 17.2 Å². The largest absolute Gasteiger partial charge is 0.355 e. The van der Waals surface area contributed by atoms with Crippen LogP contribution in [0.15, 0.2) is 24.3 Å². The summed E-state index contributed by atoms with van der Waals surface area (Å²) >= 11 is 5.21. The van der Waals surface area contributed by atoms with E-state index < -0.39 is 0 Å². The van der Waals surface area contributed by atoms with Gasteiger partial charge in [-0.1, -0.05) is 30.4 Å². The van der Waals surface area contributed by atoms with Crippen LogP contribution >= 0.6 is 12.2 Å². The molecule has 0 amide bonds. The first-order chi connectivity index (χ1) is 5.38. The average molecular weight is 165 g/mol. The molecule has 2 heterocycles. The van der Waals surface area contributed by atoms with Crippen molar-refractivity contribution in [3.8, 4) is 0 Å². The molecule has 0 fully saturated rings. The van der Waals surface area contributed by atoms with Crippen LogP contribution in [-0.2, 0) is 0 Å². The van der Waals surface area contributed by atoms with Gasteiger partial charge in [-0.25, -0.2) is 0 Å². The number of fused-ring (bicyclic) bond motifs is 1. The summed E-state index contributed by atoms with van der Waals surface area (Å²) in [5.74, 6) is 0. The third-order valence-corrected chi connectivity index (χ3v) is 2.64. The highest BCUT2D eigenvalue weighted by Crippen LogP contribution is 2.19. The maximum atomic E-state index is 5.21. The normalized spacial score (nSPS) is 28.9. The van der Waals surface area contributed by atoms with Gasteiger partial charge in [-0.2, -0.15) is 0 Å². The van der Waals surface area contributed by atoms with E-state index in [-0.39, 0.29) is 0 Å². The van der Waals surface area contributed by atoms with Gasteiger partial charge in [-0.05, 0) is 18.9 Å². The van der Waals surface area contributed by atoms with Crippen molar-refractivity contribution in [2.45, 2.75) is 18.9 Å². The zero-order chi connectivity index (χ0) is 7.68. The van der Waals surface area contributed by atoms with Crippen LogP contribution in [0.4, 0.5) is 0 Å². The molecule has 0 saturated carbocycles. The van der Waals surface area contributed by atoms with Crippen molar-refractivity contribution in [2.75, 3.05) is 6.54 Å². The number of thiocarbonyl (C=S) groups is 1. The van der Waals surface area contributed by atoms with E-state index in [1.54, 1.807) is 0 Å². The van der Waals surface area contributed by atoms with Gasteiger partial charge in [0, 0.05) is 12.6 Å². The third kappa shape index (κ3) is 1.23. The van der Waals surface area contributed by atoms with Crippen LogP contribution in [0.3, 0.4) is 0 Å². The van der Waals surface area contributed by atoms with Gasteiger partial charge in [-0.15, -0.1) is 0 Å². The highest BCUT2D eigenvalue weighted by atomic mass is 32.1. The summed E-state index contributed by atoms with van der Waals surface area (Å²) in [5.41, 5.74) is 0. The minimum absolute atomic E-state index is 0.650. The summed E-state index contributed by atoms with van der Waals surface area (Å²) in [6.45, 7) is 1.01. The molecule has 0 bridgehead atoms. The molecule has 0 radical (unpaired) electrons. The first-order valence-electron chi connectivity index (χ1n) is 4.00. The van der Waals surface area contributed by atoms with Crippen LogP contribution in [0.2, 0.25) is 0 Å². The van der Waals surface area contributed by atoms with E-state index >= 15 is 0 Å². The number of hydrogen-bond acceptors (Lipinski definition) is 1. The fraction of sp³-hybridized carbons (Fsp3) is 0.444. The average Bonchev–Trinajstić information content (AvgIpc) is 2.06. The van der Waals surface area contributed by atoms with E-state index in [4.69, 9.17) is 12.2 Å². The predicted octanol–water partition coefficient (Wildman–Crippen LogP) is 1.90. The molecule has 0 aromatic carbocycles. The molecule has 58 valence electrons. The van der Waals surface area contributed by atoms with Crippen molar-refractivity contribution in [3.05, 3.63) is 24.3 Å². The maximum Gasteiger partial charge on any atom is 0.102 e. The van der Waals surface area contributed by atoms with Gasteiger partial charge in [0.05, 0.1) is 0 Å². The lowest BCUT2D eigenvalue weighted by Crippen LogP contribution is -2.41. The SMILES string of the molecule is S=C1C=CCC2CC=CCN12. The predicted molar refractivity (Wildman–Crippen MR) is 50.6 cm³/mol. The Hall–Kier alpha value is -0.630. The molecule has 0 N–H and O–H groups in total. The van der Waals surface area contributed by atoms with Crippen LogP contribution in [0.1, 0.15) is 12.8 Å². The van der Waals surface area contributed by atoms with Crippen molar-refractivity contribution in [3.63, 3.8) is 0 Å². The molecule has 1 nitrogen and oxygen atoms in total. The molecule has 0 spiro atoms. The van der Waals surface area contributed by atoms with Gasteiger partial charge < -0.3 is 4.90 Å². The quantitative estimate of drug-likeness (QED) is 0.398. The molecule has 0 saturated heterocycles. The Morgan fingerprint density at radius 2 is 2.09 bits per heavy atom. The Morgan fingerprint density at radius 1 is 1.27 bits per heavy atom. The van der Waals surface area contributed by atoms with E-state index in [2.05, 4.69) is 23.1 Å². The Balaban J connectivity index is 2.21. The molecule has 2 aliphatic rings. The smallest absolute Gasteiger partial charge is 0.102 e. The van der Waals surface area contributed by atoms with Gasteiger partial charge in [0.15, 0.2) is 0 Å². The molecule has 2 aliphatic heterocycles. The number of hydrogen-bond donors (Lipinski definition) is 0. The molecule has 0 aromatic heterocycles. The molecule has 2 heteroatoms. The Morgan fingerprint density at radius 3 is 2.91 bits per heavy atom. The molecule has 1 unspecified atom stereocenters. The van der Waals surface area contributed by atoms with Gasteiger partial charge in [0.2, 0.25) is 0 Å². The lowest BCUT2D eigenvalue weighted by atomic mass is 10.0. The minimum atomic E-state index is 0.650. The van der Waals surface area contributed by atoms with Crippen molar-refractivity contribution in [2.24, 2.45) is 0 Å². The van der Waals surface area contributed by atoms with E-state index in [1.165, 1.54) is 0 Å². The molecule has 2 rings (SSSR count). The van der Waals surface area contributed by atoms with Crippen LogP contribution in [-0.4, -0.2) is 22.5 Å². The summed E-state index contributed by atoms with van der Waals surface area (Å²) in [5, 5.41) is 0. The fourth-order valence-electron chi connectivity index (χ4n) is 1.63. The second-order valence-electron chi connectivity index (χ2n) is 2.99. The molecule has 1 atom stereocenters. The van der Waals surface area contributed by atoms with E-state index in [1.807, 2.05) is 6.08 Å². The summed E-state index contributed by atoms with van der Waals surface area (Å²) in [7, 11) is 0. The topological polar surface area (TPSA) is 3.24 Å². The standard InChI is InChI=1S/C9H11NS/c11-9-6-3-5-8-4-1-2-7-10(8)9/h1-3,6,8H,4-5,7H2. The van der Waals surface area contributed by atoms with Crippen LogP contribution in [0.5, 0.6) is 0 Å². The highest BCUT2D eigenvalue weighted by molar-refractivity contribution is 7.80. The third-order valence-electron chi connectivity index (χ3n) is 2.27. The maximum absolute atomic E-state index is 5.21. The van der Waals surface area contributed by atoms with Crippen LogP contribution in [0, 0.1) is 0 Å². The van der Waals surface area contributed by atoms with E-state index in [0.29, 0.717) is 6.04 Å². The van der Waals surface area contributed by atoms with Gasteiger partial charge in [0.25, 0.3) is 0 Å². The summed E-state index contributed by atoms with van der Waals surface area (Å²) in [4.78, 5) is 3.31. The number of nitrogens with zero attached hydrogens (tertiary/aromatic N) is 1. The monoisotopic (exact) mass is 165 g/mol. The van der Waals surface area contributed by atoms with Crippen LogP contribution in [0.25, 0.3) is 0 Å². The van der Waals surface area contributed by atoms with Gasteiger partial charge >= 0.3 is 0 Å². The van der Waals surface area contributed by atoms with E-state index in [9.17, 15) is 0 Å². The Labute approximate surface area is 72.4 Å². The second-order valence-corrected chi connectivity index (χ2v) is 3.41. The zero-order valence-corrected chi connectivity index (χ0v) is 7.18. The minimum Gasteiger partial charge on any atom is -0.355 e. The lowest BCUT2D eigenvalue weighted by Gasteiger charge is -2.36. The molecular weight excluding hydrogens is 154 g/mol. The van der Waals surface area contributed by atoms with Gasteiger partial charge in [-0.3, -0.25) is 0 Å². The van der Waals surface area contributed by atoms with Gasteiger partial charge in [0.1, 0.15) is 4.99 Å². The Kier molecular flexibility index (Phi) is 1.78. The summed E-state index contributed by atoms with van der Waals surface area (Å²) < 4.78 is 0. The summed E-state index contributed by atoms with van der Waals surface area (Å²) in [6, 6.07) is 0.650. The van der Waals surface area contributed by atoms with Crippen molar-refractivity contribution < 1.29 is 0 Å². The fourth-order valence-corrected chi connectivity index (χ4v) is 1.95. The van der Waals surface area contributed by atoms with Crippen LogP contribution < -0.4 is 0 Å². The lowest BCUT2D eigenvalue weighted by molar-refractivity contribution is 0.328. The molecule has 0 aliphatic carbocycles. The number of rotatable bonds is 0. The van der Waals surface area contributed by atoms with E-state index in [0.717, 1.165) is 24.4 Å². The van der Waals surface area contributed by atoms with Crippen molar-refractivity contribution in [1.29, 1.82) is 0 Å². The first kappa shape index (κ1) is 7.04. The molecule has 11 heavy (non-hydrogen) atoms. The molecular formula is C9H11NS. The second kappa shape index (κ2) is 2.78. The van der Waals surface area contributed by atoms with Crippen molar-refractivity contribution in [1.82, 2.24) is 4.90 Å². The molecule has 0 aromatic rings. The zero-order valence-electron chi connectivity index (χ0n) is 6.36. The highest BCUT2D eigenvalue weighted by Gasteiger charge is 2.21. The first-order valence-corrected chi connectivity index (χ1v) is 4.41.